The summed E-state index contributed by atoms with van der Waals surface area (Å²) in [6, 6.07) is 29.0. The SMILES string of the molecule is CC.CC.CC.CC.CC.CC.CC.Cn1c2ccccc2c2ccccc21.c1ccccc1. The van der Waals surface area contributed by atoms with Crippen molar-refractivity contribution in [3.8, 4) is 0 Å². The summed E-state index contributed by atoms with van der Waals surface area (Å²) in [6.07, 6.45) is 0. The van der Waals surface area contributed by atoms with Crippen LogP contribution in [0, 0.1) is 0 Å². The molecule has 0 bridgehead atoms. The van der Waals surface area contributed by atoms with Gasteiger partial charge in [-0.05, 0) is 12.1 Å². The number of hydrogen-bond donors (Lipinski definition) is 0. The molecule has 196 valence electrons. The van der Waals surface area contributed by atoms with Crippen LogP contribution >= 0.6 is 0 Å². The third-order valence-electron chi connectivity index (χ3n) is 3.49. The Labute approximate surface area is 215 Å². The van der Waals surface area contributed by atoms with E-state index in [1.54, 1.807) is 0 Å². The summed E-state index contributed by atoms with van der Waals surface area (Å²) in [4.78, 5) is 0. The largest absolute Gasteiger partial charge is 0.344 e. The highest BCUT2D eigenvalue weighted by Crippen LogP contribution is 2.26. The molecule has 3 aromatic carbocycles. The quantitative estimate of drug-likeness (QED) is 0.241. The number of fused-ring (bicyclic) bond motifs is 3. The summed E-state index contributed by atoms with van der Waals surface area (Å²) >= 11 is 0. The van der Waals surface area contributed by atoms with Crippen molar-refractivity contribution in [1.29, 1.82) is 0 Å². The predicted molar refractivity (Wildman–Crippen MR) is 166 cm³/mol. The Kier molecular flexibility index (Phi) is 46.3. The highest BCUT2D eigenvalue weighted by atomic mass is 14.9. The Morgan fingerprint density at radius 3 is 0.765 bits per heavy atom. The highest BCUT2D eigenvalue weighted by Gasteiger charge is 2.04. The lowest BCUT2D eigenvalue weighted by Crippen LogP contribution is -1.84. The molecule has 0 spiro atoms. The van der Waals surface area contributed by atoms with Crippen LogP contribution in [0.15, 0.2) is 84.9 Å². The lowest BCUT2D eigenvalue weighted by Gasteiger charge is -1.95. The first kappa shape index (κ1) is 41.7. The number of aryl methyl sites for hydroxylation is 1. The van der Waals surface area contributed by atoms with Gasteiger partial charge < -0.3 is 4.57 Å². The van der Waals surface area contributed by atoms with Crippen LogP contribution in [-0.2, 0) is 7.05 Å². The summed E-state index contributed by atoms with van der Waals surface area (Å²) in [5.41, 5.74) is 2.60. The van der Waals surface area contributed by atoms with E-state index in [1.165, 1.54) is 21.8 Å². The Morgan fingerprint density at radius 2 is 0.529 bits per heavy atom. The van der Waals surface area contributed by atoms with E-state index in [1.807, 2.05) is 133 Å². The van der Waals surface area contributed by atoms with Crippen LogP contribution in [0.4, 0.5) is 0 Å². The molecule has 1 heteroatoms. The molecule has 0 saturated carbocycles. The zero-order chi connectivity index (χ0) is 27.8. The molecule has 4 aromatic rings. The first-order chi connectivity index (χ1) is 16.9. The van der Waals surface area contributed by atoms with Crippen LogP contribution in [0.2, 0.25) is 0 Å². The van der Waals surface area contributed by atoms with Crippen molar-refractivity contribution < 1.29 is 0 Å². The van der Waals surface area contributed by atoms with E-state index in [0.717, 1.165) is 0 Å². The van der Waals surface area contributed by atoms with Gasteiger partial charge in [-0.25, -0.2) is 0 Å². The molecule has 0 aliphatic carbocycles. The molecule has 0 N–H and O–H groups in total. The molecular weight excluding hydrogens is 410 g/mol. The van der Waals surface area contributed by atoms with Gasteiger partial charge in [0.05, 0.1) is 0 Å². The number of benzene rings is 3. The monoisotopic (exact) mass is 469 g/mol. The van der Waals surface area contributed by atoms with Gasteiger partial charge in [0.25, 0.3) is 0 Å². The minimum absolute atomic E-state index is 1.30. The fourth-order valence-corrected chi connectivity index (χ4v) is 2.50. The van der Waals surface area contributed by atoms with E-state index in [9.17, 15) is 0 Å². The van der Waals surface area contributed by atoms with Gasteiger partial charge in [0.2, 0.25) is 0 Å². The van der Waals surface area contributed by atoms with Crippen LogP contribution in [0.3, 0.4) is 0 Å². The molecule has 0 unspecified atom stereocenters. The van der Waals surface area contributed by atoms with Crippen LogP contribution in [0.5, 0.6) is 0 Å². The fraction of sp³-hybridized carbons (Fsp3) is 0.455. The normalized spacial score (nSPS) is 7.26. The molecule has 1 nitrogen and oxygen atoms in total. The lowest BCUT2D eigenvalue weighted by molar-refractivity contribution is 1.01. The Balaban J connectivity index is -0.000000119. The topological polar surface area (TPSA) is 4.93 Å². The molecule has 4 rings (SSSR count). The third-order valence-corrected chi connectivity index (χ3v) is 3.49. The minimum atomic E-state index is 1.30. The van der Waals surface area contributed by atoms with Gasteiger partial charge in [-0.2, -0.15) is 0 Å². The van der Waals surface area contributed by atoms with E-state index in [-0.39, 0.29) is 0 Å². The molecule has 0 amide bonds. The molecule has 34 heavy (non-hydrogen) atoms. The number of hydrogen-bond acceptors (Lipinski definition) is 0. The van der Waals surface area contributed by atoms with Crippen molar-refractivity contribution in [2.45, 2.75) is 96.9 Å². The van der Waals surface area contributed by atoms with E-state index >= 15 is 0 Å². The van der Waals surface area contributed by atoms with E-state index in [2.05, 4.69) is 60.1 Å². The van der Waals surface area contributed by atoms with Crippen LogP contribution in [0.25, 0.3) is 21.8 Å². The third kappa shape index (κ3) is 17.0. The van der Waals surface area contributed by atoms with Crippen molar-refractivity contribution >= 4 is 21.8 Å². The number of aromatic nitrogens is 1. The molecule has 0 radical (unpaired) electrons. The summed E-state index contributed by atoms with van der Waals surface area (Å²) in [6.45, 7) is 28.0. The van der Waals surface area contributed by atoms with Crippen LogP contribution in [0.1, 0.15) is 96.9 Å². The second-order valence-electron chi connectivity index (χ2n) is 4.75. The highest BCUT2D eigenvalue weighted by molar-refractivity contribution is 6.07. The molecule has 0 atom stereocenters. The molecule has 0 aliphatic rings. The van der Waals surface area contributed by atoms with Crippen molar-refractivity contribution in [1.82, 2.24) is 4.57 Å². The molecule has 1 heterocycles. The maximum Gasteiger partial charge on any atom is 0.0488 e. The molecule has 0 fully saturated rings. The second-order valence-corrected chi connectivity index (χ2v) is 4.75. The average molecular weight is 470 g/mol. The number of rotatable bonds is 0. The standard InChI is InChI=1S/C13H11N.C6H6.7C2H6/c1-14-12-8-4-2-6-10(12)11-7-3-5-9-13(11)14;1-2-4-6-5-3-1;7*1-2/h2-9H,1H3;1-6H;7*1-2H3. The van der Waals surface area contributed by atoms with Gasteiger partial charge in [-0.15, -0.1) is 0 Å². The Morgan fingerprint density at radius 1 is 0.324 bits per heavy atom. The van der Waals surface area contributed by atoms with Crippen molar-refractivity contribution in [3.05, 3.63) is 84.9 Å². The van der Waals surface area contributed by atoms with Gasteiger partial charge in [-0.3, -0.25) is 0 Å². The van der Waals surface area contributed by atoms with Crippen LogP contribution in [-0.4, -0.2) is 4.57 Å². The van der Waals surface area contributed by atoms with Gasteiger partial charge >= 0.3 is 0 Å². The van der Waals surface area contributed by atoms with Gasteiger partial charge in [0.1, 0.15) is 0 Å². The van der Waals surface area contributed by atoms with E-state index in [0.29, 0.717) is 0 Å². The molecule has 0 saturated heterocycles. The summed E-state index contributed by atoms with van der Waals surface area (Å²) in [5, 5.41) is 2.68. The van der Waals surface area contributed by atoms with Gasteiger partial charge in [0.15, 0.2) is 0 Å². The summed E-state index contributed by atoms with van der Waals surface area (Å²) < 4.78 is 2.24. The minimum Gasteiger partial charge on any atom is -0.344 e. The molecule has 0 aliphatic heterocycles. The van der Waals surface area contributed by atoms with E-state index < -0.39 is 0 Å². The van der Waals surface area contributed by atoms with Crippen molar-refractivity contribution in [3.63, 3.8) is 0 Å². The lowest BCUT2D eigenvalue weighted by atomic mass is 10.2. The zero-order valence-electron chi connectivity index (χ0n) is 25.5. The smallest absolute Gasteiger partial charge is 0.0488 e. The van der Waals surface area contributed by atoms with Crippen molar-refractivity contribution in [2.75, 3.05) is 0 Å². The zero-order valence-corrected chi connectivity index (χ0v) is 25.5. The van der Waals surface area contributed by atoms with Gasteiger partial charge in [0, 0.05) is 28.9 Å². The first-order valence-electron chi connectivity index (χ1n) is 13.8. The summed E-state index contributed by atoms with van der Waals surface area (Å²) in [5.74, 6) is 0. The molecular formula is C33H59N. The van der Waals surface area contributed by atoms with E-state index in [4.69, 9.17) is 0 Å². The Bertz CT molecular complexity index is 734. The maximum absolute atomic E-state index is 2.24. The number of para-hydroxylation sites is 2. The maximum atomic E-state index is 2.24. The Hall–Kier alpha value is -2.54. The fourth-order valence-electron chi connectivity index (χ4n) is 2.50. The predicted octanol–water partition coefficient (Wildman–Crippen LogP) is 12.2. The first-order valence-corrected chi connectivity index (χ1v) is 13.8. The van der Waals surface area contributed by atoms with Gasteiger partial charge in [-0.1, -0.05) is 170 Å². The average Bonchev–Trinajstić information content (AvgIpc) is 3.29. The second kappa shape index (κ2) is 37.8. The van der Waals surface area contributed by atoms with Crippen molar-refractivity contribution in [2.24, 2.45) is 7.05 Å². The van der Waals surface area contributed by atoms with Crippen LogP contribution < -0.4 is 0 Å². The summed E-state index contributed by atoms with van der Waals surface area (Å²) in [7, 11) is 2.12. The molecule has 1 aromatic heterocycles. The number of nitrogens with zero attached hydrogens (tertiary/aromatic N) is 1.